The van der Waals surface area contributed by atoms with E-state index in [4.69, 9.17) is 4.74 Å². The normalized spacial score (nSPS) is 15.5. The van der Waals surface area contributed by atoms with Gasteiger partial charge >= 0.3 is 0 Å². The van der Waals surface area contributed by atoms with Crippen LogP contribution in [0.4, 0.5) is 0 Å². The Kier molecular flexibility index (Phi) is 2.00. The molecule has 0 amide bonds. The number of rotatable bonds is 3. The maximum Gasteiger partial charge on any atom is 0.172 e. The highest BCUT2D eigenvalue weighted by Crippen LogP contribution is 2.27. The van der Waals surface area contributed by atoms with Gasteiger partial charge in [0, 0.05) is 5.69 Å². The number of aryl methyl sites for hydroxylation is 1. The molecular weight excluding hydrogens is 166 g/mol. The SMILES string of the molecule is Cc1ccc(OC2CC2)c(C=O)n1. The van der Waals surface area contributed by atoms with Crippen molar-refractivity contribution in [2.75, 3.05) is 0 Å². The van der Waals surface area contributed by atoms with Gasteiger partial charge in [0.25, 0.3) is 0 Å². The largest absolute Gasteiger partial charge is 0.488 e. The zero-order valence-corrected chi connectivity index (χ0v) is 7.49. The summed E-state index contributed by atoms with van der Waals surface area (Å²) in [5.41, 5.74) is 1.25. The lowest BCUT2D eigenvalue weighted by molar-refractivity contribution is 0.111. The van der Waals surface area contributed by atoms with Crippen LogP contribution in [-0.2, 0) is 0 Å². The van der Waals surface area contributed by atoms with Gasteiger partial charge in [0.2, 0.25) is 0 Å². The molecule has 3 nitrogen and oxygen atoms in total. The number of aldehydes is 1. The molecule has 1 aromatic heterocycles. The molecule has 0 aliphatic heterocycles. The second-order valence-electron chi connectivity index (χ2n) is 3.27. The molecule has 0 aromatic carbocycles. The van der Waals surface area contributed by atoms with Crippen molar-refractivity contribution >= 4 is 6.29 Å². The lowest BCUT2D eigenvalue weighted by Crippen LogP contribution is -2.01. The standard InChI is InChI=1S/C10H11NO2/c1-7-2-5-10(9(6-12)11-7)13-8-3-4-8/h2,5-6,8H,3-4H2,1H3. The quantitative estimate of drug-likeness (QED) is 0.660. The number of aromatic nitrogens is 1. The molecule has 0 spiro atoms. The van der Waals surface area contributed by atoms with Crippen molar-refractivity contribution in [3.63, 3.8) is 0 Å². The summed E-state index contributed by atoms with van der Waals surface area (Å²) >= 11 is 0. The summed E-state index contributed by atoms with van der Waals surface area (Å²) < 4.78 is 5.51. The Morgan fingerprint density at radius 3 is 2.92 bits per heavy atom. The third kappa shape index (κ3) is 1.86. The van der Waals surface area contributed by atoms with Crippen LogP contribution in [0.15, 0.2) is 12.1 Å². The van der Waals surface area contributed by atoms with Crippen molar-refractivity contribution in [2.24, 2.45) is 0 Å². The van der Waals surface area contributed by atoms with Gasteiger partial charge in [0.1, 0.15) is 11.4 Å². The molecule has 1 aliphatic carbocycles. The Morgan fingerprint density at radius 2 is 2.31 bits per heavy atom. The highest BCUT2D eigenvalue weighted by atomic mass is 16.5. The van der Waals surface area contributed by atoms with Crippen LogP contribution >= 0.6 is 0 Å². The zero-order chi connectivity index (χ0) is 9.26. The molecule has 1 aliphatic rings. The van der Waals surface area contributed by atoms with E-state index in [1.54, 1.807) is 0 Å². The maximum absolute atomic E-state index is 10.6. The van der Waals surface area contributed by atoms with Crippen LogP contribution in [0.2, 0.25) is 0 Å². The number of ether oxygens (including phenoxy) is 1. The molecule has 3 heteroatoms. The van der Waals surface area contributed by atoms with Gasteiger partial charge in [-0.25, -0.2) is 4.98 Å². The van der Waals surface area contributed by atoms with Gasteiger partial charge in [-0.3, -0.25) is 4.79 Å². The average molecular weight is 177 g/mol. The van der Waals surface area contributed by atoms with Crippen LogP contribution in [0.3, 0.4) is 0 Å². The van der Waals surface area contributed by atoms with Crippen LogP contribution in [0.5, 0.6) is 5.75 Å². The zero-order valence-electron chi connectivity index (χ0n) is 7.49. The number of carbonyl (C=O) groups is 1. The third-order valence-electron chi connectivity index (χ3n) is 1.95. The van der Waals surface area contributed by atoms with Gasteiger partial charge in [-0.2, -0.15) is 0 Å². The molecule has 0 radical (unpaired) electrons. The predicted molar refractivity (Wildman–Crippen MR) is 48.0 cm³/mol. The van der Waals surface area contributed by atoms with Crippen LogP contribution in [0, 0.1) is 6.92 Å². The number of pyridine rings is 1. The molecule has 68 valence electrons. The number of hydrogen-bond donors (Lipinski definition) is 0. The molecule has 0 atom stereocenters. The van der Waals surface area contributed by atoms with E-state index < -0.39 is 0 Å². The van der Waals surface area contributed by atoms with Gasteiger partial charge in [-0.1, -0.05) is 0 Å². The van der Waals surface area contributed by atoms with E-state index in [1.165, 1.54) is 0 Å². The van der Waals surface area contributed by atoms with Crippen molar-refractivity contribution in [1.82, 2.24) is 4.98 Å². The van der Waals surface area contributed by atoms with Gasteiger partial charge < -0.3 is 4.74 Å². The minimum atomic E-state index is 0.309. The van der Waals surface area contributed by atoms with Crippen molar-refractivity contribution < 1.29 is 9.53 Å². The third-order valence-corrected chi connectivity index (χ3v) is 1.95. The fourth-order valence-electron chi connectivity index (χ4n) is 1.11. The van der Waals surface area contributed by atoms with Gasteiger partial charge in [-0.15, -0.1) is 0 Å². The molecule has 1 heterocycles. The van der Waals surface area contributed by atoms with Crippen LogP contribution in [0.1, 0.15) is 29.0 Å². The Labute approximate surface area is 76.7 Å². The molecule has 13 heavy (non-hydrogen) atoms. The highest BCUT2D eigenvalue weighted by molar-refractivity contribution is 5.76. The smallest absolute Gasteiger partial charge is 0.172 e. The second-order valence-corrected chi connectivity index (χ2v) is 3.27. The fraction of sp³-hybridized carbons (Fsp3) is 0.400. The van der Waals surface area contributed by atoms with E-state index in [1.807, 2.05) is 19.1 Å². The number of nitrogens with zero attached hydrogens (tertiary/aromatic N) is 1. The minimum Gasteiger partial charge on any atom is -0.488 e. The number of carbonyl (C=O) groups excluding carboxylic acids is 1. The summed E-state index contributed by atoms with van der Waals surface area (Å²) in [6.45, 7) is 1.86. The van der Waals surface area contributed by atoms with E-state index >= 15 is 0 Å². The first kappa shape index (κ1) is 8.23. The molecule has 0 unspecified atom stereocenters. The van der Waals surface area contributed by atoms with Crippen molar-refractivity contribution in [1.29, 1.82) is 0 Å². The Morgan fingerprint density at radius 1 is 1.54 bits per heavy atom. The van der Waals surface area contributed by atoms with Gasteiger partial charge in [-0.05, 0) is 31.9 Å². The van der Waals surface area contributed by atoms with Crippen LogP contribution in [-0.4, -0.2) is 17.4 Å². The van der Waals surface area contributed by atoms with Gasteiger partial charge in [0.05, 0.1) is 6.10 Å². The lowest BCUT2D eigenvalue weighted by Gasteiger charge is -2.06. The van der Waals surface area contributed by atoms with Crippen molar-refractivity contribution in [3.8, 4) is 5.75 Å². The first-order chi connectivity index (χ1) is 6.29. The van der Waals surface area contributed by atoms with E-state index in [2.05, 4.69) is 4.98 Å². The van der Waals surface area contributed by atoms with Crippen molar-refractivity contribution in [3.05, 3.63) is 23.5 Å². The topological polar surface area (TPSA) is 39.2 Å². The molecule has 0 N–H and O–H groups in total. The Bertz CT molecular complexity index is 332. The molecular formula is C10H11NO2. The molecule has 0 bridgehead atoms. The molecule has 0 saturated heterocycles. The highest BCUT2D eigenvalue weighted by Gasteiger charge is 2.24. The summed E-state index contributed by atoms with van der Waals surface area (Å²) in [4.78, 5) is 14.7. The summed E-state index contributed by atoms with van der Waals surface area (Å²) in [5, 5.41) is 0. The Hall–Kier alpha value is -1.38. The monoisotopic (exact) mass is 177 g/mol. The van der Waals surface area contributed by atoms with E-state index in [9.17, 15) is 4.79 Å². The Balaban J connectivity index is 2.25. The predicted octanol–water partition coefficient (Wildman–Crippen LogP) is 1.74. The van der Waals surface area contributed by atoms with E-state index in [-0.39, 0.29) is 0 Å². The first-order valence-electron chi connectivity index (χ1n) is 4.39. The fourth-order valence-corrected chi connectivity index (χ4v) is 1.11. The lowest BCUT2D eigenvalue weighted by atomic mass is 10.3. The second kappa shape index (κ2) is 3.17. The minimum absolute atomic E-state index is 0.309. The molecule has 1 saturated carbocycles. The maximum atomic E-state index is 10.6. The van der Waals surface area contributed by atoms with E-state index in [0.29, 0.717) is 17.5 Å². The first-order valence-corrected chi connectivity index (χ1v) is 4.39. The number of hydrogen-bond acceptors (Lipinski definition) is 3. The van der Waals surface area contributed by atoms with E-state index in [0.717, 1.165) is 24.8 Å². The van der Waals surface area contributed by atoms with Crippen molar-refractivity contribution in [2.45, 2.75) is 25.9 Å². The van der Waals surface area contributed by atoms with Gasteiger partial charge in [0.15, 0.2) is 6.29 Å². The molecule has 1 fully saturated rings. The molecule has 1 aromatic rings. The summed E-state index contributed by atoms with van der Waals surface area (Å²) in [5.74, 6) is 0.614. The summed E-state index contributed by atoms with van der Waals surface area (Å²) in [6, 6.07) is 3.66. The average Bonchev–Trinajstić information content (AvgIpc) is 2.92. The summed E-state index contributed by atoms with van der Waals surface area (Å²) in [7, 11) is 0. The summed E-state index contributed by atoms with van der Waals surface area (Å²) in [6.07, 6.45) is 3.23. The van der Waals surface area contributed by atoms with Crippen LogP contribution in [0.25, 0.3) is 0 Å². The molecule has 2 rings (SSSR count). The van der Waals surface area contributed by atoms with Crippen LogP contribution < -0.4 is 4.74 Å².